The molecule has 0 radical (unpaired) electrons. The number of halogens is 1. The first kappa shape index (κ1) is 27.4. The van der Waals surface area contributed by atoms with Gasteiger partial charge in [-0.3, -0.25) is 19.7 Å². The van der Waals surface area contributed by atoms with Crippen LogP contribution in [0.25, 0.3) is 0 Å². The van der Waals surface area contributed by atoms with Crippen molar-refractivity contribution in [2.24, 2.45) is 0 Å². The Morgan fingerprint density at radius 2 is 1.94 bits per heavy atom. The number of esters is 1. The van der Waals surface area contributed by atoms with Gasteiger partial charge in [0.15, 0.2) is 5.11 Å². The van der Waals surface area contributed by atoms with Crippen LogP contribution in [0, 0.1) is 0 Å². The second-order valence-corrected chi connectivity index (χ2v) is 9.46. The highest BCUT2D eigenvalue weighted by Gasteiger charge is 2.34. The number of nitrogens with zero attached hydrogens (tertiary/aromatic N) is 1. The lowest BCUT2D eigenvalue weighted by Crippen LogP contribution is -2.60. The van der Waals surface area contributed by atoms with Gasteiger partial charge < -0.3 is 24.4 Å². The lowest BCUT2D eigenvalue weighted by Gasteiger charge is -2.36. The Morgan fingerprint density at radius 1 is 1.19 bits per heavy atom. The molecule has 3 rings (SSSR count). The normalized spacial score (nSPS) is 15.2. The van der Waals surface area contributed by atoms with Crippen molar-refractivity contribution in [3.05, 3.63) is 58.6 Å². The molecule has 0 bridgehead atoms. The number of carbonyl (C=O) groups excluding carboxylic acids is 3. The van der Waals surface area contributed by atoms with Crippen LogP contribution >= 0.6 is 28.1 Å². The van der Waals surface area contributed by atoms with Crippen molar-refractivity contribution in [2.75, 3.05) is 26.3 Å². The summed E-state index contributed by atoms with van der Waals surface area (Å²) in [6.45, 7) is 4.58. The molecule has 0 aromatic heterocycles. The first-order chi connectivity index (χ1) is 17.2. The minimum atomic E-state index is -0.914. The summed E-state index contributed by atoms with van der Waals surface area (Å²) < 4.78 is 17.2. The van der Waals surface area contributed by atoms with E-state index in [1.54, 1.807) is 30.3 Å². The number of piperazine rings is 1. The van der Waals surface area contributed by atoms with E-state index in [2.05, 4.69) is 26.6 Å². The highest BCUT2D eigenvalue weighted by molar-refractivity contribution is 9.10. The molecule has 1 heterocycles. The van der Waals surface area contributed by atoms with Crippen LogP contribution in [0.4, 0.5) is 0 Å². The maximum Gasteiger partial charge on any atom is 0.308 e. The predicted molar refractivity (Wildman–Crippen MR) is 141 cm³/mol. The fourth-order valence-electron chi connectivity index (χ4n) is 3.48. The van der Waals surface area contributed by atoms with Crippen LogP contribution in [-0.2, 0) is 14.3 Å². The maximum atomic E-state index is 13.0. The molecule has 1 saturated heterocycles. The molecule has 1 unspecified atom stereocenters. The molecular formula is C25H28BrN3O6S. The zero-order valence-electron chi connectivity index (χ0n) is 20.0. The van der Waals surface area contributed by atoms with E-state index in [1.165, 1.54) is 4.90 Å². The monoisotopic (exact) mass is 577 g/mol. The van der Waals surface area contributed by atoms with E-state index in [9.17, 15) is 14.4 Å². The molecule has 1 atom stereocenters. The van der Waals surface area contributed by atoms with E-state index in [1.807, 2.05) is 32.0 Å². The average Bonchev–Trinajstić information content (AvgIpc) is 2.84. The highest BCUT2D eigenvalue weighted by atomic mass is 79.9. The topological polar surface area (TPSA) is 106 Å². The molecule has 1 fully saturated rings. The summed E-state index contributed by atoms with van der Waals surface area (Å²) in [5.41, 5.74) is 0.288. The Kier molecular flexibility index (Phi) is 10.1. The summed E-state index contributed by atoms with van der Waals surface area (Å²) in [5, 5.41) is 5.43. The third kappa shape index (κ3) is 7.92. The number of benzene rings is 2. The Hall–Kier alpha value is -3.18. The third-order valence-corrected chi connectivity index (χ3v) is 5.91. The van der Waals surface area contributed by atoms with Crippen molar-refractivity contribution >= 4 is 51.0 Å². The molecule has 0 aliphatic carbocycles. The van der Waals surface area contributed by atoms with Crippen molar-refractivity contribution in [1.29, 1.82) is 0 Å². The van der Waals surface area contributed by atoms with E-state index in [0.29, 0.717) is 29.1 Å². The zero-order chi connectivity index (χ0) is 26.1. The van der Waals surface area contributed by atoms with Crippen molar-refractivity contribution in [2.45, 2.75) is 32.4 Å². The van der Waals surface area contributed by atoms with E-state index in [0.717, 1.165) is 0 Å². The number of ether oxygens (including phenoxy) is 3. The lowest BCUT2D eigenvalue weighted by atomic mass is 10.1. The highest BCUT2D eigenvalue weighted by Crippen LogP contribution is 2.24. The van der Waals surface area contributed by atoms with E-state index < -0.39 is 17.9 Å². The molecule has 2 amide bonds. The van der Waals surface area contributed by atoms with Gasteiger partial charge in [-0.2, -0.15) is 0 Å². The quantitative estimate of drug-likeness (QED) is 0.266. The van der Waals surface area contributed by atoms with E-state index in [4.69, 9.17) is 26.4 Å². The number of para-hydroxylation sites is 1. The molecule has 2 N–H and O–H groups in total. The molecule has 192 valence electrons. The smallest absolute Gasteiger partial charge is 0.308 e. The fraction of sp³-hybridized carbons (Fsp3) is 0.360. The van der Waals surface area contributed by atoms with Crippen LogP contribution in [0.2, 0.25) is 0 Å². The SMILES string of the molecule is CC(C)Oc1ccc(Br)cc1C(=O)NC(=S)N1CCNC(=O)C1CC(=O)OCCOc1ccccc1. The molecule has 36 heavy (non-hydrogen) atoms. The average molecular weight is 578 g/mol. The molecule has 1 aliphatic heterocycles. The minimum Gasteiger partial charge on any atom is -0.490 e. The summed E-state index contributed by atoms with van der Waals surface area (Å²) >= 11 is 8.81. The fourth-order valence-corrected chi connectivity index (χ4v) is 4.15. The molecule has 11 heteroatoms. The van der Waals surface area contributed by atoms with Crippen LogP contribution in [0.1, 0.15) is 30.6 Å². The molecule has 1 aliphatic rings. The number of hydrogen-bond acceptors (Lipinski definition) is 7. The van der Waals surface area contributed by atoms with Crippen LogP contribution < -0.4 is 20.1 Å². The number of hydrogen-bond donors (Lipinski definition) is 2. The summed E-state index contributed by atoms with van der Waals surface area (Å²) in [7, 11) is 0. The minimum absolute atomic E-state index is 0.0325. The van der Waals surface area contributed by atoms with Gasteiger partial charge in [-0.25, -0.2) is 0 Å². The number of carbonyl (C=O) groups is 3. The van der Waals surface area contributed by atoms with Crippen LogP contribution in [0.15, 0.2) is 53.0 Å². The first-order valence-corrected chi connectivity index (χ1v) is 12.6. The van der Waals surface area contributed by atoms with Crippen molar-refractivity contribution in [3.63, 3.8) is 0 Å². The lowest BCUT2D eigenvalue weighted by molar-refractivity contribution is -0.148. The van der Waals surface area contributed by atoms with Gasteiger partial charge in [-0.15, -0.1) is 0 Å². The van der Waals surface area contributed by atoms with E-state index >= 15 is 0 Å². The van der Waals surface area contributed by atoms with Gasteiger partial charge in [-0.1, -0.05) is 34.1 Å². The maximum absolute atomic E-state index is 13.0. The van der Waals surface area contributed by atoms with Crippen molar-refractivity contribution < 1.29 is 28.6 Å². The number of rotatable bonds is 9. The molecular weight excluding hydrogens is 550 g/mol. The number of thiocarbonyl (C=S) groups is 1. The molecule has 0 saturated carbocycles. The Morgan fingerprint density at radius 3 is 2.67 bits per heavy atom. The molecule has 2 aromatic rings. The zero-order valence-corrected chi connectivity index (χ0v) is 22.4. The second-order valence-electron chi connectivity index (χ2n) is 8.15. The molecule has 9 nitrogen and oxygen atoms in total. The Labute approximate surface area is 223 Å². The summed E-state index contributed by atoms with van der Waals surface area (Å²) in [6, 6.07) is 13.3. The molecule has 2 aromatic carbocycles. The van der Waals surface area contributed by atoms with Gasteiger partial charge in [0.2, 0.25) is 5.91 Å². The standard InChI is InChI=1S/C25H28BrN3O6S/c1-16(2)35-21-9-8-17(26)14-19(21)23(31)28-25(36)29-11-10-27-24(32)20(29)15-22(30)34-13-12-33-18-6-4-3-5-7-18/h3-9,14,16,20H,10-13,15H2,1-2H3,(H,27,32)(H,28,31,36). The van der Waals surface area contributed by atoms with Gasteiger partial charge in [0.1, 0.15) is 30.8 Å². The van der Waals surface area contributed by atoms with Gasteiger partial charge >= 0.3 is 5.97 Å². The van der Waals surface area contributed by atoms with Crippen LogP contribution in [0.3, 0.4) is 0 Å². The largest absolute Gasteiger partial charge is 0.490 e. The third-order valence-electron chi connectivity index (χ3n) is 5.08. The Balaban J connectivity index is 1.59. The van der Waals surface area contributed by atoms with Gasteiger partial charge in [0.25, 0.3) is 5.91 Å². The predicted octanol–water partition coefficient (Wildman–Crippen LogP) is 3.06. The molecule has 0 spiro atoms. The van der Waals surface area contributed by atoms with Gasteiger partial charge in [0, 0.05) is 17.6 Å². The summed E-state index contributed by atoms with van der Waals surface area (Å²) in [4.78, 5) is 39.5. The van der Waals surface area contributed by atoms with E-state index in [-0.39, 0.29) is 42.3 Å². The van der Waals surface area contributed by atoms with Crippen molar-refractivity contribution in [3.8, 4) is 11.5 Å². The van der Waals surface area contributed by atoms with Crippen molar-refractivity contribution in [1.82, 2.24) is 15.5 Å². The second kappa shape index (κ2) is 13.2. The van der Waals surface area contributed by atoms with Gasteiger partial charge in [0.05, 0.1) is 18.1 Å². The van der Waals surface area contributed by atoms with Crippen LogP contribution in [-0.4, -0.2) is 66.2 Å². The number of nitrogens with one attached hydrogen (secondary N) is 2. The summed E-state index contributed by atoms with van der Waals surface area (Å²) in [6.07, 6.45) is -0.366. The first-order valence-electron chi connectivity index (χ1n) is 11.4. The Bertz CT molecular complexity index is 1100. The van der Waals surface area contributed by atoms with Crippen LogP contribution in [0.5, 0.6) is 11.5 Å². The van der Waals surface area contributed by atoms with Gasteiger partial charge in [-0.05, 0) is 56.4 Å². The summed E-state index contributed by atoms with van der Waals surface area (Å²) in [5.74, 6) is -0.362. The number of amides is 2.